The van der Waals surface area contributed by atoms with Gasteiger partial charge in [0, 0.05) is 17.4 Å². The third kappa shape index (κ3) is 3.42. The van der Waals surface area contributed by atoms with E-state index in [0.717, 1.165) is 21.9 Å². The van der Waals surface area contributed by atoms with Crippen LogP contribution in [-0.2, 0) is 13.0 Å². The summed E-state index contributed by atoms with van der Waals surface area (Å²) in [5.41, 5.74) is 2.96. The molecule has 4 nitrogen and oxygen atoms in total. The maximum atomic E-state index is 10.7. The molecular weight excluding hydrogens is 322 g/mol. The van der Waals surface area contributed by atoms with Gasteiger partial charge in [-0.3, -0.25) is 0 Å². The van der Waals surface area contributed by atoms with Crippen molar-refractivity contribution in [3.63, 3.8) is 0 Å². The largest absolute Gasteiger partial charge is 0.507 e. The Morgan fingerprint density at radius 1 is 0.923 bits per heavy atom. The van der Waals surface area contributed by atoms with Crippen LogP contribution in [0.15, 0.2) is 73.3 Å². The number of hydrogen-bond donors (Lipinski definition) is 1. The average Bonchev–Trinajstić information content (AvgIpc) is 3.19. The number of aromatic nitrogens is 3. The summed E-state index contributed by atoms with van der Waals surface area (Å²) in [6, 6.07) is 20.1. The maximum absolute atomic E-state index is 10.7. The topological polar surface area (TPSA) is 50.9 Å². The number of benzene rings is 3. The van der Waals surface area contributed by atoms with Gasteiger partial charge in [0.15, 0.2) is 0 Å². The van der Waals surface area contributed by atoms with Crippen molar-refractivity contribution < 1.29 is 5.11 Å². The number of fused-ring (bicyclic) bond motifs is 1. The number of rotatable bonds is 3. The number of aromatic hydroxyl groups is 1. The first-order chi connectivity index (χ1) is 12.8. The van der Waals surface area contributed by atoms with Gasteiger partial charge >= 0.3 is 0 Å². The van der Waals surface area contributed by atoms with Crippen molar-refractivity contribution in [3.8, 4) is 17.6 Å². The SMILES string of the molecule is Oc1c(Cc2ccccc2)ccc2ccc(C#CCn3cnnc3)cc12. The molecule has 0 unspecified atom stereocenters. The molecule has 1 aromatic heterocycles. The maximum Gasteiger partial charge on any atom is 0.126 e. The second-order valence-corrected chi connectivity index (χ2v) is 6.11. The lowest BCUT2D eigenvalue weighted by molar-refractivity contribution is 0.476. The molecule has 0 saturated carbocycles. The van der Waals surface area contributed by atoms with Crippen LogP contribution in [0, 0.1) is 11.8 Å². The van der Waals surface area contributed by atoms with Crippen LogP contribution in [0.5, 0.6) is 5.75 Å². The van der Waals surface area contributed by atoms with Gasteiger partial charge in [0.1, 0.15) is 18.4 Å². The lowest BCUT2D eigenvalue weighted by atomic mass is 9.98. The summed E-state index contributed by atoms with van der Waals surface area (Å²) in [5, 5.41) is 20.1. The summed E-state index contributed by atoms with van der Waals surface area (Å²) in [5.74, 6) is 6.56. The monoisotopic (exact) mass is 339 g/mol. The Morgan fingerprint density at radius 2 is 1.69 bits per heavy atom. The van der Waals surface area contributed by atoms with E-state index in [4.69, 9.17) is 0 Å². The molecule has 4 rings (SSSR count). The molecule has 0 atom stereocenters. The molecular formula is C22H17N3O. The number of phenols is 1. The van der Waals surface area contributed by atoms with E-state index in [1.54, 1.807) is 12.7 Å². The Bertz CT molecular complexity index is 1090. The van der Waals surface area contributed by atoms with Crippen molar-refractivity contribution in [2.75, 3.05) is 0 Å². The van der Waals surface area contributed by atoms with Crippen molar-refractivity contribution in [2.24, 2.45) is 0 Å². The lowest BCUT2D eigenvalue weighted by Crippen LogP contribution is -1.91. The highest BCUT2D eigenvalue weighted by atomic mass is 16.3. The van der Waals surface area contributed by atoms with Crippen LogP contribution in [-0.4, -0.2) is 19.9 Å². The molecule has 4 aromatic rings. The molecule has 0 aliphatic carbocycles. The first kappa shape index (κ1) is 15.9. The summed E-state index contributed by atoms with van der Waals surface area (Å²) >= 11 is 0. The Morgan fingerprint density at radius 3 is 2.50 bits per heavy atom. The molecule has 4 heteroatoms. The Balaban J connectivity index is 1.64. The molecule has 0 bridgehead atoms. The normalized spacial score (nSPS) is 10.5. The van der Waals surface area contributed by atoms with Crippen molar-refractivity contribution >= 4 is 10.8 Å². The average molecular weight is 339 g/mol. The molecule has 26 heavy (non-hydrogen) atoms. The second kappa shape index (κ2) is 7.12. The first-order valence-corrected chi connectivity index (χ1v) is 8.39. The van der Waals surface area contributed by atoms with E-state index >= 15 is 0 Å². The van der Waals surface area contributed by atoms with Gasteiger partial charge in [0.05, 0.1) is 6.54 Å². The highest BCUT2D eigenvalue weighted by Crippen LogP contribution is 2.31. The second-order valence-electron chi connectivity index (χ2n) is 6.11. The van der Waals surface area contributed by atoms with Crippen molar-refractivity contribution in [3.05, 3.63) is 90.0 Å². The summed E-state index contributed by atoms with van der Waals surface area (Å²) in [7, 11) is 0. The van der Waals surface area contributed by atoms with Crippen LogP contribution in [0.4, 0.5) is 0 Å². The van der Waals surface area contributed by atoms with Gasteiger partial charge in [0.2, 0.25) is 0 Å². The van der Waals surface area contributed by atoms with Gasteiger partial charge in [-0.05, 0) is 28.6 Å². The first-order valence-electron chi connectivity index (χ1n) is 8.39. The summed E-state index contributed by atoms with van der Waals surface area (Å²) in [6.45, 7) is 0.533. The molecule has 0 fully saturated rings. The standard InChI is InChI=1S/C22H17N3O/c26-22-20(13-17-5-2-1-3-6-17)11-10-19-9-8-18(14-21(19)22)7-4-12-25-15-23-24-16-25/h1-3,5-6,8-11,14-16,26H,12-13H2. The van der Waals surface area contributed by atoms with Gasteiger partial charge in [0.25, 0.3) is 0 Å². The zero-order valence-electron chi connectivity index (χ0n) is 14.1. The minimum Gasteiger partial charge on any atom is -0.507 e. The fraction of sp³-hybridized carbons (Fsp3) is 0.0909. The summed E-state index contributed by atoms with van der Waals surface area (Å²) < 4.78 is 1.81. The van der Waals surface area contributed by atoms with Crippen LogP contribution in [0.25, 0.3) is 10.8 Å². The van der Waals surface area contributed by atoms with Crippen molar-refractivity contribution in [1.82, 2.24) is 14.8 Å². The van der Waals surface area contributed by atoms with Gasteiger partial charge in [-0.25, -0.2) is 0 Å². The van der Waals surface area contributed by atoms with E-state index in [2.05, 4.69) is 34.2 Å². The molecule has 1 heterocycles. The molecule has 0 amide bonds. The van der Waals surface area contributed by atoms with Gasteiger partial charge in [-0.15, -0.1) is 10.2 Å². The Hall–Kier alpha value is -3.58. The lowest BCUT2D eigenvalue weighted by Gasteiger charge is -2.09. The Labute approximate surface area is 151 Å². The fourth-order valence-corrected chi connectivity index (χ4v) is 2.92. The summed E-state index contributed by atoms with van der Waals surface area (Å²) in [6.07, 6.45) is 3.97. The molecule has 0 aliphatic rings. The zero-order chi connectivity index (χ0) is 17.8. The molecule has 126 valence electrons. The van der Waals surface area contributed by atoms with Crippen molar-refractivity contribution in [2.45, 2.75) is 13.0 Å². The fourth-order valence-electron chi connectivity index (χ4n) is 2.92. The highest BCUT2D eigenvalue weighted by molar-refractivity contribution is 5.90. The van der Waals surface area contributed by atoms with Crippen LogP contribution in [0.1, 0.15) is 16.7 Å². The molecule has 0 saturated heterocycles. The third-order valence-corrected chi connectivity index (χ3v) is 4.27. The predicted octanol–water partition coefficient (Wildman–Crippen LogP) is 3.78. The van der Waals surface area contributed by atoms with Gasteiger partial charge < -0.3 is 9.67 Å². The van der Waals surface area contributed by atoms with E-state index in [1.807, 2.05) is 53.1 Å². The quantitative estimate of drug-likeness (QED) is 0.578. The number of hydrogen-bond acceptors (Lipinski definition) is 3. The predicted molar refractivity (Wildman–Crippen MR) is 102 cm³/mol. The van der Waals surface area contributed by atoms with E-state index in [-0.39, 0.29) is 0 Å². The number of nitrogens with zero attached hydrogens (tertiary/aromatic N) is 3. The van der Waals surface area contributed by atoms with Crippen molar-refractivity contribution in [1.29, 1.82) is 0 Å². The van der Waals surface area contributed by atoms with E-state index < -0.39 is 0 Å². The van der Waals surface area contributed by atoms with Crippen LogP contribution in [0.3, 0.4) is 0 Å². The molecule has 3 aromatic carbocycles. The summed E-state index contributed by atoms with van der Waals surface area (Å²) in [4.78, 5) is 0. The van der Waals surface area contributed by atoms with Crippen LogP contribution in [0.2, 0.25) is 0 Å². The minimum absolute atomic E-state index is 0.328. The minimum atomic E-state index is 0.328. The van der Waals surface area contributed by atoms with Gasteiger partial charge in [-0.2, -0.15) is 0 Å². The Kier molecular flexibility index (Phi) is 4.36. The zero-order valence-corrected chi connectivity index (χ0v) is 14.1. The van der Waals surface area contributed by atoms with E-state index in [1.165, 1.54) is 5.56 Å². The molecule has 1 N–H and O–H groups in total. The molecule has 0 spiro atoms. The third-order valence-electron chi connectivity index (χ3n) is 4.27. The molecule has 0 aliphatic heterocycles. The van der Waals surface area contributed by atoms with Crippen LogP contribution >= 0.6 is 0 Å². The number of phenolic OH excluding ortho intramolecular Hbond substituents is 1. The van der Waals surface area contributed by atoms with Gasteiger partial charge in [-0.1, -0.05) is 60.4 Å². The van der Waals surface area contributed by atoms with Crippen LogP contribution < -0.4 is 0 Å². The van der Waals surface area contributed by atoms with E-state index in [9.17, 15) is 5.11 Å². The molecule has 0 radical (unpaired) electrons. The van der Waals surface area contributed by atoms with E-state index in [0.29, 0.717) is 18.7 Å². The smallest absolute Gasteiger partial charge is 0.126 e. The highest BCUT2D eigenvalue weighted by Gasteiger charge is 2.07.